The average Bonchev–Trinajstić information content (AvgIpc) is 2.93. The maximum Gasteiger partial charge on any atom is 0.422 e. The minimum absolute atomic E-state index is 0.0111. The van der Waals surface area contributed by atoms with Gasteiger partial charge in [0.15, 0.2) is 6.61 Å². The molecular formula is C19H24F3NO4. The molecule has 1 spiro atoms. The van der Waals surface area contributed by atoms with Gasteiger partial charge in [0.2, 0.25) is 5.91 Å². The van der Waals surface area contributed by atoms with Crippen LogP contribution in [0.1, 0.15) is 32.6 Å². The van der Waals surface area contributed by atoms with E-state index in [-0.39, 0.29) is 17.8 Å². The van der Waals surface area contributed by atoms with E-state index < -0.39 is 24.3 Å². The zero-order valence-electron chi connectivity index (χ0n) is 15.2. The van der Waals surface area contributed by atoms with E-state index >= 15 is 0 Å². The van der Waals surface area contributed by atoms with Crippen molar-refractivity contribution < 1.29 is 32.5 Å². The lowest BCUT2D eigenvalue weighted by molar-refractivity contribution is -0.153. The van der Waals surface area contributed by atoms with E-state index in [4.69, 9.17) is 9.47 Å². The van der Waals surface area contributed by atoms with Crippen LogP contribution in [0.3, 0.4) is 0 Å². The Morgan fingerprint density at radius 2 is 1.96 bits per heavy atom. The van der Waals surface area contributed by atoms with E-state index in [0.717, 1.165) is 0 Å². The molecule has 0 radical (unpaired) electrons. The fraction of sp³-hybridized carbons (Fsp3) is 0.632. The number of hydrogen-bond donors (Lipinski definition) is 1. The number of amides is 1. The third kappa shape index (κ3) is 4.38. The summed E-state index contributed by atoms with van der Waals surface area (Å²) >= 11 is 0. The molecular weight excluding hydrogens is 363 g/mol. The topological polar surface area (TPSA) is 59.0 Å². The molecule has 3 atom stereocenters. The molecule has 27 heavy (non-hydrogen) atoms. The molecule has 1 N–H and O–H groups in total. The van der Waals surface area contributed by atoms with Gasteiger partial charge < -0.3 is 19.5 Å². The first-order chi connectivity index (χ1) is 12.7. The number of hydrogen-bond acceptors (Lipinski definition) is 4. The molecule has 3 rings (SSSR count). The Labute approximate surface area is 156 Å². The molecule has 2 aliphatic rings. The Morgan fingerprint density at radius 1 is 1.26 bits per heavy atom. The second kappa shape index (κ2) is 7.67. The molecule has 0 bridgehead atoms. The first kappa shape index (κ1) is 19.9. The Morgan fingerprint density at radius 3 is 2.59 bits per heavy atom. The lowest BCUT2D eigenvalue weighted by Crippen LogP contribution is -2.46. The van der Waals surface area contributed by atoms with Crippen LogP contribution in [0, 0.1) is 5.41 Å². The maximum absolute atomic E-state index is 13.1. The predicted molar refractivity (Wildman–Crippen MR) is 92.7 cm³/mol. The Kier molecular flexibility index (Phi) is 5.67. The number of aliphatic hydroxyl groups excluding tert-OH is 1. The second-order valence-electron chi connectivity index (χ2n) is 7.19. The summed E-state index contributed by atoms with van der Waals surface area (Å²) < 4.78 is 47.0. The predicted octanol–water partition coefficient (Wildman–Crippen LogP) is 3.30. The number of benzene rings is 1. The van der Waals surface area contributed by atoms with Crippen LogP contribution in [0.4, 0.5) is 18.9 Å². The van der Waals surface area contributed by atoms with E-state index in [0.29, 0.717) is 44.5 Å². The Hall–Kier alpha value is -1.80. The van der Waals surface area contributed by atoms with Crippen molar-refractivity contribution in [2.75, 3.05) is 24.7 Å². The van der Waals surface area contributed by atoms with E-state index in [1.54, 1.807) is 17.0 Å². The number of carbonyl (C=O) groups excluding carboxylic acids is 1. The Bertz CT molecular complexity index is 664. The standard InChI is InChI=1S/C19H24F3NO4/c1-2-26-16-11-18(8-7-15(16)24)9-10-23(17(18)25)13-3-5-14(6-4-13)27-12-19(20,21)22/h3-6,15-16,24H,2,7-12H2,1H3. The number of rotatable bonds is 5. The minimum Gasteiger partial charge on any atom is -0.484 e. The van der Waals surface area contributed by atoms with Crippen molar-refractivity contribution in [2.24, 2.45) is 5.41 Å². The van der Waals surface area contributed by atoms with Crippen LogP contribution >= 0.6 is 0 Å². The van der Waals surface area contributed by atoms with Crippen LogP contribution in [0.5, 0.6) is 5.75 Å². The van der Waals surface area contributed by atoms with Gasteiger partial charge in [-0.1, -0.05) is 0 Å². The monoisotopic (exact) mass is 387 g/mol. The summed E-state index contributed by atoms with van der Waals surface area (Å²) in [6.07, 6.45) is -2.99. The average molecular weight is 387 g/mol. The van der Waals surface area contributed by atoms with Gasteiger partial charge in [0, 0.05) is 18.8 Å². The van der Waals surface area contributed by atoms with Crippen molar-refractivity contribution in [1.82, 2.24) is 0 Å². The number of ether oxygens (including phenoxy) is 2. The highest BCUT2D eigenvalue weighted by Gasteiger charge is 2.51. The van der Waals surface area contributed by atoms with Crippen LogP contribution in [0.2, 0.25) is 0 Å². The molecule has 1 saturated heterocycles. The smallest absolute Gasteiger partial charge is 0.422 e. The van der Waals surface area contributed by atoms with Crippen LogP contribution in [0.25, 0.3) is 0 Å². The normalized spacial score (nSPS) is 28.8. The fourth-order valence-electron chi connectivity index (χ4n) is 3.99. The largest absolute Gasteiger partial charge is 0.484 e. The number of alkyl halides is 3. The lowest BCUT2D eigenvalue weighted by atomic mass is 9.70. The van der Waals surface area contributed by atoms with Crippen molar-refractivity contribution in [3.8, 4) is 5.75 Å². The molecule has 1 aromatic rings. The summed E-state index contributed by atoms with van der Waals surface area (Å²) in [5, 5.41) is 10.1. The van der Waals surface area contributed by atoms with Crippen LogP contribution < -0.4 is 9.64 Å². The molecule has 0 aromatic heterocycles. The molecule has 8 heteroatoms. The number of halogens is 3. The van der Waals surface area contributed by atoms with Crippen molar-refractivity contribution in [1.29, 1.82) is 0 Å². The molecule has 150 valence electrons. The third-order valence-electron chi connectivity index (χ3n) is 5.38. The van der Waals surface area contributed by atoms with Crippen LogP contribution in [-0.4, -0.2) is 49.2 Å². The quantitative estimate of drug-likeness (QED) is 0.842. The molecule has 1 amide bonds. The molecule has 2 fully saturated rings. The Balaban J connectivity index is 1.68. The number of anilines is 1. The zero-order valence-corrected chi connectivity index (χ0v) is 15.2. The van der Waals surface area contributed by atoms with Gasteiger partial charge in [-0.2, -0.15) is 13.2 Å². The molecule has 1 aliphatic carbocycles. The van der Waals surface area contributed by atoms with Gasteiger partial charge in [-0.15, -0.1) is 0 Å². The summed E-state index contributed by atoms with van der Waals surface area (Å²) in [5.74, 6) is 0.0951. The van der Waals surface area contributed by atoms with Crippen molar-refractivity contribution >= 4 is 11.6 Å². The van der Waals surface area contributed by atoms with Crippen molar-refractivity contribution in [3.05, 3.63) is 24.3 Å². The van der Waals surface area contributed by atoms with Crippen molar-refractivity contribution in [2.45, 2.75) is 51.0 Å². The van der Waals surface area contributed by atoms with Gasteiger partial charge in [0.25, 0.3) is 0 Å². The number of aliphatic hydroxyl groups is 1. The molecule has 1 aromatic carbocycles. The van der Waals surface area contributed by atoms with Gasteiger partial charge in [0.05, 0.1) is 17.6 Å². The lowest BCUT2D eigenvalue weighted by Gasteiger charge is -2.39. The zero-order chi connectivity index (χ0) is 19.7. The summed E-state index contributed by atoms with van der Waals surface area (Å²) in [7, 11) is 0. The molecule has 1 saturated carbocycles. The van der Waals surface area contributed by atoms with Crippen LogP contribution in [-0.2, 0) is 9.53 Å². The molecule has 1 aliphatic heterocycles. The molecule has 1 heterocycles. The highest BCUT2D eigenvalue weighted by atomic mass is 19.4. The number of carbonyl (C=O) groups is 1. The summed E-state index contributed by atoms with van der Waals surface area (Å²) in [6, 6.07) is 6.07. The van der Waals surface area contributed by atoms with E-state index in [2.05, 4.69) is 0 Å². The van der Waals surface area contributed by atoms with Gasteiger partial charge in [0.1, 0.15) is 5.75 Å². The van der Waals surface area contributed by atoms with E-state index in [9.17, 15) is 23.1 Å². The fourth-order valence-corrected chi connectivity index (χ4v) is 3.99. The van der Waals surface area contributed by atoms with Gasteiger partial charge in [-0.3, -0.25) is 4.79 Å². The van der Waals surface area contributed by atoms with Gasteiger partial charge >= 0.3 is 6.18 Å². The summed E-state index contributed by atoms with van der Waals surface area (Å²) in [5.41, 5.74) is 0.0974. The third-order valence-corrected chi connectivity index (χ3v) is 5.38. The highest BCUT2D eigenvalue weighted by Crippen LogP contribution is 2.46. The maximum atomic E-state index is 13.1. The van der Waals surface area contributed by atoms with Crippen molar-refractivity contribution in [3.63, 3.8) is 0 Å². The first-order valence-electron chi connectivity index (χ1n) is 9.15. The molecule has 3 unspecified atom stereocenters. The van der Waals surface area contributed by atoms with E-state index in [1.165, 1.54) is 12.1 Å². The summed E-state index contributed by atoms with van der Waals surface area (Å²) in [4.78, 5) is 14.8. The SMILES string of the molecule is CCOC1CC2(CCC1O)CCN(c1ccc(OCC(F)(F)F)cc1)C2=O. The number of nitrogens with zero attached hydrogens (tertiary/aromatic N) is 1. The highest BCUT2D eigenvalue weighted by molar-refractivity contribution is 6.00. The first-order valence-corrected chi connectivity index (χ1v) is 9.15. The van der Waals surface area contributed by atoms with E-state index in [1.807, 2.05) is 6.92 Å². The molecule has 5 nitrogen and oxygen atoms in total. The van der Waals surface area contributed by atoms with Crippen LogP contribution in [0.15, 0.2) is 24.3 Å². The minimum atomic E-state index is -4.39. The second-order valence-corrected chi connectivity index (χ2v) is 7.19. The summed E-state index contributed by atoms with van der Waals surface area (Å²) in [6.45, 7) is 1.53. The van der Waals surface area contributed by atoms with Gasteiger partial charge in [-0.25, -0.2) is 0 Å². The van der Waals surface area contributed by atoms with Gasteiger partial charge in [-0.05, 0) is 56.9 Å².